The Hall–Kier alpha value is -0.160. The minimum atomic E-state index is 0.359. The number of hydrogen-bond acceptors (Lipinski definition) is 4. The zero-order valence-electron chi connectivity index (χ0n) is 14.2. The number of ether oxygens (including phenoxy) is 2. The van der Waals surface area contributed by atoms with Crippen molar-refractivity contribution in [1.29, 1.82) is 0 Å². The Morgan fingerprint density at radius 2 is 1.45 bits per heavy atom. The highest BCUT2D eigenvalue weighted by Gasteiger charge is 2.50. The van der Waals surface area contributed by atoms with Gasteiger partial charge in [-0.25, -0.2) is 0 Å². The van der Waals surface area contributed by atoms with E-state index in [9.17, 15) is 0 Å². The molecule has 4 nitrogen and oxygen atoms in total. The van der Waals surface area contributed by atoms with E-state index in [1.54, 1.807) is 0 Å². The highest BCUT2D eigenvalue weighted by Crippen LogP contribution is 2.38. The van der Waals surface area contributed by atoms with Crippen molar-refractivity contribution in [2.75, 3.05) is 59.1 Å². The van der Waals surface area contributed by atoms with Gasteiger partial charge in [0, 0.05) is 51.3 Å². The van der Waals surface area contributed by atoms with Gasteiger partial charge in [-0.2, -0.15) is 0 Å². The zero-order chi connectivity index (χ0) is 15.0. The molecular weight excluding hydrogens is 252 g/mol. The third-order valence-electron chi connectivity index (χ3n) is 3.85. The zero-order valence-corrected chi connectivity index (χ0v) is 14.2. The lowest BCUT2D eigenvalue weighted by molar-refractivity contribution is -0.125. The van der Waals surface area contributed by atoms with Crippen molar-refractivity contribution in [2.45, 2.75) is 40.7 Å². The topological polar surface area (TPSA) is 24.9 Å². The molecule has 20 heavy (non-hydrogen) atoms. The summed E-state index contributed by atoms with van der Waals surface area (Å²) >= 11 is 0. The molecule has 2 fully saturated rings. The van der Waals surface area contributed by atoms with E-state index in [4.69, 9.17) is 9.47 Å². The second kappa shape index (κ2) is 8.98. The number of nitrogens with zero attached hydrogens (tertiary/aromatic N) is 2. The van der Waals surface area contributed by atoms with Crippen molar-refractivity contribution in [1.82, 2.24) is 9.80 Å². The van der Waals surface area contributed by atoms with Crippen LogP contribution in [0, 0.1) is 5.41 Å². The summed E-state index contributed by atoms with van der Waals surface area (Å²) in [5.41, 5.74) is 0.615. The number of likely N-dealkylation sites (tertiary alicyclic amines) is 2. The van der Waals surface area contributed by atoms with Crippen molar-refractivity contribution in [3.05, 3.63) is 0 Å². The lowest BCUT2D eigenvalue weighted by Crippen LogP contribution is -2.72. The summed E-state index contributed by atoms with van der Waals surface area (Å²) in [4.78, 5) is 5.03. The van der Waals surface area contributed by atoms with E-state index in [2.05, 4.69) is 30.6 Å². The fourth-order valence-corrected chi connectivity index (χ4v) is 3.08. The van der Waals surface area contributed by atoms with Crippen LogP contribution in [0.3, 0.4) is 0 Å². The molecule has 2 heterocycles. The maximum Gasteiger partial charge on any atom is 0.0596 e. The maximum atomic E-state index is 5.59. The third kappa shape index (κ3) is 5.32. The first-order valence-electron chi connectivity index (χ1n) is 8.28. The van der Waals surface area contributed by atoms with Crippen molar-refractivity contribution >= 4 is 0 Å². The summed E-state index contributed by atoms with van der Waals surface area (Å²) in [5, 5.41) is 0. The molecule has 120 valence electrons. The van der Waals surface area contributed by atoms with E-state index in [0.29, 0.717) is 11.5 Å². The molecule has 0 aromatic carbocycles. The van der Waals surface area contributed by atoms with E-state index >= 15 is 0 Å². The molecule has 2 saturated heterocycles. The van der Waals surface area contributed by atoms with Crippen molar-refractivity contribution in [3.63, 3.8) is 0 Å². The van der Waals surface area contributed by atoms with Gasteiger partial charge in [0.05, 0.1) is 19.3 Å². The average molecular weight is 286 g/mol. The van der Waals surface area contributed by atoms with E-state index < -0.39 is 0 Å². The molecule has 0 saturated carbocycles. The first kappa shape index (κ1) is 17.9. The van der Waals surface area contributed by atoms with Crippen LogP contribution in [0.1, 0.15) is 34.6 Å². The summed E-state index contributed by atoms with van der Waals surface area (Å²) in [6, 6.07) is 0. The van der Waals surface area contributed by atoms with Crippen LogP contribution in [0.25, 0.3) is 0 Å². The summed E-state index contributed by atoms with van der Waals surface area (Å²) in [6.07, 6.45) is 0.359. The van der Waals surface area contributed by atoms with Gasteiger partial charge in [0.15, 0.2) is 0 Å². The molecule has 0 aliphatic carbocycles. The van der Waals surface area contributed by atoms with Gasteiger partial charge in [0.25, 0.3) is 0 Å². The van der Waals surface area contributed by atoms with Gasteiger partial charge in [0.1, 0.15) is 0 Å². The molecule has 2 rings (SSSR count). The molecule has 0 radical (unpaired) electrons. The first-order chi connectivity index (χ1) is 9.63. The molecule has 0 unspecified atom stereocenters. The van der Waals surface area contributed by atoms with Gasteiger partial charge in [-0.15, -0.1) is 0 Å². The van der Waals surface area contributed by atoms with E-state index in [1.165, 1.54) is 26.2 Å². The highest BCUT2D eigenvalue weighted by atomic mass is 16.5. The van der Waals surface area contributed by atoms with Crippen LogP contribution in [0.2, 0.25) is 0 Å². The average Bonchev–Trinajstić information content (AvgIpc) is 2.34. The molecule has 0 amide bonds. The minimum Gasteiger partial charge on any atom is -0.380 e. The summed E-state index contributed by atoms with van der Waals surface area (Å²) < 4.78 is 11.0. The fourth-order valence-electron chi connectivity index (χ4n) is 3.08. The van der Waals surface area contributed by atoms with Crippen LogP contribution in [0.5, 0.6) is 0 Å². The maximum absolute atomic E-state index is 5.59. The second-order valence-corrected chi connectivity index (χ2v) is 6.04. The minimum absolute atomic E-state index is 0.359. The van der Waals surface area contributed by atoms with Gasteiger partial charge in [-0.3, -0.25) is 9.80 Å². The monoisotopic (exact) mass is 286 g/mol. The predicted octanol–water partition coefficient (Wildman–Crippen LogP) is 2.09. The number of hydrogen-bond donors (Lipinski definition) is 0. The largest absolute Gasteiger partial charge is 0.380 e. The van der Waals surface area contributed by atoms with E-state index in [0.717, 1.165) is 32.9 Å². The second-order valence-electron chi connectivity index (χ2n) is 6.04. The quantitative estimate of drug-likeness (QED) is 0.638. The highest BCUT2D eigenvalue weighted by molar-refractivity contribution is 5.05. The Kier molecular flexibility index (Phi) is 8.03. The van der Waals surface area contributed by atoms with Gasteiger partial charge in [-0.1, -0.05) is 13.8 Å². The molecule has 0 N–H and O–H groups in total. The standard InChI is InChI=1S/C14H28N2O2.C2H6/c1-4-17-7-5-15-9-14(10-15)11-16(12-14)6-8-18-13(2)3;1-2/h13H,4-12H2,1-3H3;1-2H3. The fraction of sp³-hybridized carbons (Fsp3) is 1.00. The third-order valence-corrected chi connectivity index (χ3v) is 3.85. The Morgan fingerprint density at radius 3 is 1.90 bits per heavy atom. The summed E-state index contributed by atoms with van der Waals surface area (Å²) in [5.74, 6) is 0. The number of rotatable bonds is 8. The van der Waals surface area contributed by atoms with Crippen LogP contribution < -0.4 is 0 Å². The Labute approximate surface area is 125 Å². The smallest absolute Gasteiger partial charge is 0.0596 e. The van der Waals surface area contributed by atoms with E-state index in [1.807, 2.05) is 13.8 Å². The first-order valence-corrected chi connectivity index (χ1v) is 8.28. The summed E-state index contributed by atoms with van der Waals surface area (Å²) in [7, 11) is 0. The Bertz CT molecular complexity index is 245. The molecule has 0 atom stereocenters. The van der Waals surface area contributed by atoms with Crippen LogP contribution in [0.4, 0.5) is 0 Å². The van der Waals surface area contributed by atoms with Crippen molar-refractivity contribution in [3.8, 4) is 0 Å². The van der Waals surface area contributed by atoms with Gasteiger partial charge in [0.2, 0.25) is 0 Å². The molecule has 2 aliphatic heterocycles. The van der Waals surface area contributed by atoms with Gasteiger partial charge >= 0.3 is 0 Å². The normalized spacial score (nSPS) is 21.3. The molecule has 2 aliphatic rings. The van der Waals surface area contributed by atoms with Crippen LogP contribution in [-0.2, 0) is 9.47 Å². The predicted molar refractivity (Wildman–Crippen MR) is 84.2 cm³/mol. The molecular formula is C16H34N2O2. The summed E-state index contributed by atoms with van der Waals surface area (Å²) in [6.45, 7) is 20.1. The molecule has 1 spiro atoms. The van der Waals surface area contributed by atoms with Gasteiger partial charge < -0.3 is 9.47 Å². The molecule has 0 bridgehead atoms. The van der Waals surface area contributed by atoms with Crippen LogP contribution in [-0.4, -0.2) is 75.0 Å². The van der Waals surface area contributed by atoms with Crippen LogP contribution >= 0.6 is 0 Å². The molecule has 0 aromatic rings. The lowest BCUT2D eigenvalue weighted by atomic mass is 9.73. The van der Waals surface area contributed by atoms with Crippen LogP contribution in [0.15, 0.2) is 0 Å². The molecule has 4 heteroatoms. The SMILES string of the molecule is CC.CCOCCN1CC2(C1)CN(CCOC(C)C)C2. The Balaban J connectivity index is 0.000000956. The lowest BCUT2D eigenvalue weighted by Gasteiger charge is -2.60. The molecule has 0 aromatic heterocycles. The Morgan fingerprint density at radius 1 is 0.950 bits per heavy atom. The van der Waals surface area contributed by atoms with E-state index in [-0.39, 0.29) is 0 Å². The van der Waals surface area contributed by atoms with Crippen molar-refractivity contribution in [2.24, 2.45) is 5.41 Å². The van der Waals surface area contributed by atoms with Crippen molar-refractivity contribution < 1.29 is 9.47 Å². The van der Waals surface area contributed by atoms with Gasteiger partial charge in [-0.05, 0) is 20.8 Å².